The van der Waals surface area contributed by atoms with Crippen LogP contribution >= 0.6 is 11.7 Å². The summed E-state index contributed by atoms with van der Waals surface area (Å²) in [6, 6.07) is 5.94. The summed E-state index contributed by atoms with van der Waals surface area (Å²) in [5.41, 5.74) is 0.867. The average Bonchev–Trinajstić information content (AvgIpc) is 2.83. The maximum atomic E-state index is 12.3. The molecule has 2 aromatic rings. The molecule has 2 rings (SSSR count). The van der Waals surface area contributed by atoms with Crippen LogP contribution < -0.4 is 4.72 Å². The van der Waals surface area contributed by atoms with Gasteiger partial charge in [0.05, 0.1) is 17.8 Å². The van der Waals surface area contributed by atoms with Gasteiger partial charge in [-0.15, -0.1) is 0 Å². The summed E-state index contributed by atoms with van der Waals surface area (Å²) in [6.45, 7) is 3.56. The Morgan fingerprint density at radius 1 is 1.37 bits per heavy atom. The summed E-state index contributed by atoms with van der Waals surface area (Å²) in [5.74, 6) is -0.118. The molecule has 1 unspecified atom stereocenters. The van der Waals surface area contributed by atoms with Gasteiger partial charge >= 0.3 is 0 Å². The molecule has 8 heteroatoms. The predicted octanol–water partition coefficient (Wildman–Crippen LogP) is 1.52. The maximum absolute atomic E-state index is 12.3. The molecule has 1 N–H and O–H groups in total. The number of benzene rings is 1. The highest BCUT2D eigenvalue weighted by Gasteiger charge is 2.24. The first-order valence-corrected chi connectivity index (χ1v) is 7.80. The maximum Gasteiger partial charge on any atom is 0.244 e. The number of hydrogen-bond acceptors (Lipinski definition) is 6. The van der Waals surface area contributed by atoms with E-state index in [0.29, 0.717) is 11.0 Å². The fourth-order valence-corrected chi connectivity index (χ4v) is 3.60. The molecule has 0 bridgehead atoms. The van der Waals surface area contributed by atoms with E-state index < -0.39 is 16.1 Å². The zero-order valence-corrected chi connectivity index (χ0v) is 12.0. The lowest BCUT2D eigenvalue weighted by Gasteiger charge is -2.15. The van der Waals surface area contributed by atoms with E-state index in [-0.39, 0.29) is 10.8 Å². The van der Waals surface area contributed by atoms with Crippen molar-refractivity contribution in [3.05, 3.63) is 18.2 Å². The van der Waals surface area contributed by atoms with E-state index in [4.69, 9.17) is 5.26 Å². The Labute approximate surface area is 115 Å². The van der Waals surface area contributed by atoms with Crippen molar-refractivity contribution >= 4 is 32.8 Å². The molecule has 0 aliphatic carbocycles. The summed E-state index contributed by atoms with van der Waals surface area (Å²) in [6.07, 6.45) is 0. The number of nitrogens with zero attached hydrogens (tertiary/aromatic N) is 3. The van der Waals surface area contributed by atoms with Crippen molar-refractivity contribution in [2.75, 3.05) is 0 Å². The Hall–Kier alpha value is -1.56. The monoisotopic (exact) mass is 296 g/mol. The average molecular weight is 296 g/mol. The Morgan fingerprint density at radius 2 is 2.11 bits per heavy atom. The van der Waals surface area contributed by atoms with E-state index in [9.17, 15) is 8.42 Å². The van der Waals surface area contributed by atoms with Gasteiger partial charge in [0.2, 0.25) is 10.0 Å². The fraction of sp³-hybridized carbons (Fsp3) is 0.364. The summed E-state index contributed by atoms with van der Waals surface area (Å²) in [7, 11) is -3.78. The minimum Gasteiger partial charge on any atom is -0.207 e. The van der Waals surface area contributed by atoms with Crippen molar-refractivity contribution in [3.8, 4) is 6.07 Å². The number of rotatable bonds is 4. The Kier molecular flexibility index (Phi) is 3.80. The standard InChI is InChI=1S/C11H12N4O2S2/c1-7(2)9(6-12)15-19(16,17)10-5-3-4-8-11(10)14-18-13-8/h3-5,7,9,15H,1-2H3. The normalized spacial score (nSPS) is 13.6. The van der Waals surface area contributed by atoms with Gasteiger partial charge in [-0.1, -0.05) is 19.9 Å². The predicted molar refractivity (Wildman–Crippen MR) is 72.0 cm³/mol. The molecule has 0 aliphatic heterocycles. The van der Waals surface area contributed by atoms with Crippen molar-refractivity contribution in [1.82, 2.24) is 13.5 Å². The number of nitrogens with one attached hydrogen (secondary N) is 1. The van der Waals surface area contributed by atoms with Gasteiger partial charge in [-0.2, -0.15) is 18.7 Å². The second-order valence-electron chi connectivity index (χ2n) is 4.36. The molecule has 0 radical (unpaired) electrons. The summed E-state index contributed by atoms with van der Waals surface area (Å²) >= 11 is 0.957. The van der Waals surface area contributed by atoms with Crippen LogP contribution in [0.1, 0.15) is 13.8 Å². The van der Waals surface area contributed by atoms with E-state index in [0.717, 1.165) is 11.7 Å². The Balaban J connectivity index is 2.45. The topological polar surface area (TPSA) is 95.7 Å². The highest BCUT2D eigenvalue weighted by molar-refractivity contribution is 7.89. The van der Waals surface area contributed by atoms with Crippen LogP contribution in [0.2, 0.25) is 0 Å². The third kappa shape index (κ3) is 2.73. The zero-order chi connectivity index (χ0) is 14.0. The number of fused-ring (bicyclic) bond motifs is 1. The van der Waals surface area contributed by atoms with Crippen LogP contribution in [0.25, 0.3) is 11.0 Å². The van der Waals surface area contributed by atoms with E-state index in [2.05, 4.69) is 13.5 Å². The van der Waals surface area contributed by atoms with Crippen molar-refractivity contribution in [3.63, 3.8) is 0 Å². The zero-order valence-electron chi connectivity index (χ0n) is 10.4. The smallest absolute Gasteiger partial charge is 0.207 e. The second kappa shape index (κ2) is 5.21. The quantitative estimate of drug-likeness (QED) is 0.922. The SMILES string of the molecule is CC(C)C(C#N)NS(=O)(=O)c1cccc2nsnc12. The minimum atomic E-state index is -3.78. The van der Waals surface area contributed by atoms with Crippen molar-refractivity contribution < 1.29 is 8.42 Å². The summed E-state index contributed by atoms with van der Waals surface area (Å²) < 4.78 is 35.0. The molecule has 1 aromatic carbocycles. The molecule has 0 saturated heterocycles. The molecule has 6 nitrogen and oxygen atoms in total. The van der Waals surface area contributed by atoms with E-state index in [1.54, 1.807) is 26.0 Å². The highest BCUT2D eigenvalue weighted by atomic mass is 32.2. The van der Waals surface area contributed by atoms with Crippen LogP contribution in [0.15, 0.2) is 23.1 Å². The van der Waals surface area contributed by atoms with E-state index in [1.807, 2.05) is 6.07 Å². The lowest BCUT2D eigenvalue weighted by Crippen LogP contribution is -2.37. The van der Waals surface area contributed by atoms with Gasteiger partial charge in [-0.25, -0.2) is 8.42 Å². The molecule has 1 aromatic heterocycles. The molecule has 0 spiro atoms. The van der Waals surface area contributed by atoms with Crippen molar-refractivity contribution in [2.24, 2.45) is 5.92 Å². The van der Waals surface area contributed by atoms with Crippen LogP contribution in [0.3, 0.4) is 0 Å². The summed E-state index contributed by atoms with van der Waals surface area (Å²) in [4.78, 5) is 0.0552. The number of aromatic nitrogens is 2. The number of sulfonamides is 1. The molecule has 1 atom stereocenters. The van der Waals surface area contributed by atoms with Crippen molar-refractivity contribution in [2.45, 2.75) is 24.8 Å². The van der Waals surface area contributed by atoms with E-state index in [1.165, 1.54) is 6.07 Å². The van der Waals surface area contributed by atoms with Gasteiger partial charge in [0, 0.05) is 0 Å². The minimum absolute atomic E-state index is 0.0552. The number of nitriles is 1. The van der Waals surface area contributed by atoms with Crippen LogP contribution in [0.4, 0.5) is 0 Å². The third-order valence-corrected chi connectivity index (χ3v) is 4.64. The van der Waals surface area contributed by atoms with Gasteiger partial charge in [-0.3, -0.25) is 0 Å². The second-order valence-corrected chi connectivity index (χ2v) is 6.57. The van der Waals surface area contributed by atoms with Crippen molar-refractivity contribution in [1.29, 1.82) is 5.26 Å². The first kappa shape index (κ1) is 13.9. The lowest BCUT2D eigenvalue weighted by atomic mass is 10.1. The molecular formula is C11H12N4O2S2. The molecule has 0 saturated carbocycles. The van der Waals surface area contributed by atoms with Crippen LogP contribution in [0.5, 0.6) is 0 Å². The van der Waals surface area contributed by atoms with Crippen LogP contribution in [-0.4, -0.2) is 23.2 Å². The molecule has 1 heterocycles. The lowest BCUT2D eigenvalue weighted by molar-refractivity contribution is 0.515. The molecule has 19 heavy (non-hydrogen) atoms. The molecule has 100 valence electrons. The van der Waals surface area contributed by atoms with Gasteiger partial charge in [0.25, 0.3) is 0 Å². The first-order chi connectivity index (χ1) is 8.95. The van der Waals surface area contributed by atoms with Crippen LogP contribution in [0, 0.1) is 17.2 Å². The van der Waals surface area contributed by atoms with Gasteiger partial charge < -0.3 is 0 Å². The van der Waals surface area contributed by atoms with Gasteiger partial charge in [-0.05, 0) is 18.1 Å². The number of hydrogen-bond donors (Lipinski definition) is 1. The van der Waals surface area contributed by atoms with Crippen LogP contribution in [-0.2, 0) is 10.0 Å². The Bertz CT molecular complexity index is 730. The first-order valence-electron chi connectivity index (χ1n) is 5.59. The van der Waals surface area contributed by atoms with Gasteiger partial charge in [0.1, 0.15) is 22.0 Å². The molecule has 0 amide bonds. The van der Waals surface area contributed by atoms with Gasteiger partial charge in [0.15, 0.2) is 0 Å². The molecular weight excluding hydrogens is 284 g/mol. The largest absolute Gasteiger partial charge is 0.244 e. The highest BCUT2D eigenvalue weighted by Crippen LogP contribution is 2.21. The fourth-order valence-electron chi connectivity index (χ4n) is 1.54. The van der Waals surface area contributed by atoms with E-state index >= 15 is 0 Å². The molecule has 0 aliphatic rings. The third-order valence-electron chi connectivity index (χ3n) is 2.63. The summed E-state index contributed by atoms with van der Waals surface area (Å²) in [5, 5.41) is 8.98. The Morgan fingerprint density at radius 3 is 2.74 bits per heavy atom. The molecule has 0 fully saturated rings.